The summed E-state index contributed by atoms with van der Waals surface area (Å²) in [7, 11) is 0. The first kappa shape index (κ1) is 14.2. The highest BCUT2D eigenvalue weighted by Crippen LogP contribution is 2.23. The quantitative estimate of drug-likeness (QED) is 0.740. The molecule has 2 aromatic heterocycles. The molecule has 4 nitrogen and oxygen atoms in total. The molecule has 0 aliphatic carbocycles. The molecule has 0 radical (unpaired) electrons. The van der Waals surface area contributed by atoms with Gasteiger partial charge in [0.1, 0.15) is 6.10 Å². The Morgan fingerprint density at radius 1 is 1.26 bits per heavy atom. The van der Waals surface area contributed by atoms with Crippen molar-refractivity contribution in [2.75, 3.05) is 13.1 Å². The van der Waals surface area contributed by atoms with E-state index in [4.69, 9.17) is 4.74 Å². The maximum absolute atomic E-state index is 12.3. The van der Waals surface area contributed by atoms with Crippen molar-refractivity contribution in [2.45, 2.75) is 13.0 Å². The number of aryl methyl sites for hydroxylation is 1. The molecule has 1 amide bonds. The minimum Gasteiger partial charge on any atom is -0.471 e. The average molecular weight is 324 g/mol. The maximum Gasteiger partial charge on any atom is 0.264 e. The lowest BCUT2D eigenvalue weighted by Crippen LogP contribution is -2.56. The Labute approximate surface area is 138 Å². The third kappa shape index (κ3) is 2.80. The molecule has 1 aliphatic rings. The Morgan fingerprint density at radius 3 is 2.87 bits per heavy atom. The first-order valence-electron chi connectivity index (χ1n) is 7.56. The van der Waals surface area contributed by atoms with Crippen LogP contribution in [0.25, 0.3) is 10.9 Å². The summed E-state index contributed by atoms with van der Waals surface area (Å²) in [6, 6.07) is 13.8. The van der Waals surface area contributed by atoms with Crippen molar-refractivity contribution in [3.8, 4) is 5.88 Å². The van der Waals surface area contributed by atoms with Crippen molar-refractivity contribution < 1.29 is 9.53 Å². The molecule has 1 fully saturated rings. The molecular weight excluding hydrogens is 308 g/mol. The second-order valence-electron chi connectivity index (χ2n) is 5.78. The van der Waals surface area contributed by atoms with Crippen LogP contribution in [0.4, 0.5) is 0 Å². The molecule has 3 aromatic rings. The fourth-order valence-electron chi connectivity index (χ4n) is 2.66. The molecule has 23 heavy (non-hydrogen) atoms. The minimum absolute atomic E-state index is 0.0219. The van der Waals surface area contributed by atoms with Crippen LogP contribution < -0.4 is 4.74 Å². The highest BCUT2D eigenvalue weighted by atomic mass is 32.1. The number of ether oxygens (including phenoxy) is 1. The van der Waals surface area contributed by atoms with Gasteiger partial charge in [-0.15, -0.1) is 11.3 Å². The largest absolute Gasteiger partial charge is 0.471 e. The molecule has 1 saturated heterocycles. The van der Waals surface area contributed by atoms with E-state index < -0.39 is 0 Å². The summed E-state index contributed by atoms with van der Waals surface area (Å²) >= 11 is 1.50. The molecule has 0 saturated carbocycles. The molecule has 0 spiro atoms. The van der Waals surface area contributed by atoms with E-state index in [2.05, 4.69) is 4.98 Å². The molecule has 1 aromatic carbocycles. The van der Waals surface area contributed by atoms with Crippen LogP contribution in [-0.2, 0) is 0 Å². The van der Waals surface area contributed by atoms with Crippen LogP contribution in [-0.4, -0.2) is 35.0 Å². The average Bonchev–Trinajstić information content (AvgIpc) is 2.96. The van der Waals surface area contributed by atoms with Gasteiger partial charge in [-0.3, -0.25) is 4.79 Å². The fraction of sp³-hybridized carbons (Fsp3) is 0.222. The molecular formula is C18H16N2O2S. The first-order valence-corrected chi connectivity index (χ1v) is 8.44. The van der Waals surface area contributed by atoms with Gasteiger partial charge in [-0.25, -0.2) is 4.98 Å². The lowest BCUT2D eigenvalue weighted by atomic mass is 10.1. The monoisotopic (exact) mass is 324 g/mol. The first-order chi connectivity index (χ1) is 11.2. The zero-order chi connectivity index (χ0) is 15.8. The van der Waals surface area contributed by atoms with Crippen molar-refractivity contribution in [3.63, 3.8) is 0 Å². The number of carbonyl (C=O) groups excluding carboxylic acids is 1. The van der Waals surface area contributed by atoms with Crippen molar-refractivity contribution in [3.05, 3.63) is 58.3 Å². The predicted molar refractivity (Wildman–Crippen MR) is 91.1 cm³/mol. The number of benzene rings is 1. The van der Waals surface area contributed by atoms with Gasteiger partial charge in [0.2, 0.25) is 5.88 Å². The van der Waals surface area contributed by atoms with Gasteiger partial charge in [0.25, 0.3) is 5.91 Å². The number of hydrogen-bond donors (Lipinski definition) is 0. The van der Waals surface area contributed by atoms with E-state index in [9.17, 15) is 4.79 Å². The van der Waals surface area contributed by atoms with Gasteiger partial charge in [0, 0.05) is 11.5 Å². The zero-order valence-corrected chi connectivity index (χ0v) is 13.5. The van der Waals surface area contributed by atoms with Gasteiger partial charge in [-0.1, -0.05) is 18.2 Å². The number of rotatable bonds is 3. The SMILES string of the molecule is Cc1csc(C(=O)N2CC(Oc3ccc4ccccc4n3)C2)c1. The lowest BCUT2D eigenvalue weighted by molar-refractivity contribution is 0.0165. The van der Waals surface area contributed by atoms with Crippen molar-refractivity contribution in [1.82, 2.24) is 9.88 Å². The van der Waals surface area contributed by atoms with Gasteiger partial charge < -0.3 is 9.64 Å². The number of nitrogens with zero attached hydrogens (tertiary/aromatic N) is 2. The van der Waals surface area contributed by atoms with Crippen LogP contribution in [0.15, 0.2) is 47.8 Å². The second-order valence-corrected chi connectivity index (χ2v) is 6.69. The van der Waals surface area contributed by atoms with E-state index in [1.807, 2.05) is 59.7 Å². The molecule has 0 bridgehead atoms. The molecule has 0 unspecified atom stereocenters. The van der Waals surface area contributed by atoms with Gasteiger partial charge in [0.15, 0.2) is 0 Å². The number of amides is 1. The molecule has 4 rings (SSSR count). The van der Waals surface area contributed by atoms with E-state index in [0.717, 1.165) is 21.3 Å². The smallest absolute Gasteiger partial charge is 0.264 e. The van der Waals surface area contributed by atoms with Crippen LogP contribution in [0.5, 0.6) is 5.88 Å². The van der Waals surface area contributed by atoms with E-state index >= 15 is 0 Å². The maximum atomic E-state index is 12.3. The predicted octanol–water partition coefficient (Wildman–Crippen LogP) is 3.51. The summed E-state index contributed by atoms with van der Waals surface area (Å²) in [4.78, 5) is 19.4. The van der Waals surface area contributed by atoms with E-state index in [0.29, 0.717) is 19.0 Å². The number of para-hydroxylation sites is 1. The molecule has 0 N–H and O–H groups in total. The minimum atomic E-state index is 0.0219. The van der Waals surface area contributed by atoms with E-state index in [1.165, 1.54) is 11.3 Å². The number of aromatic nitrogens is 1. The Bertz CT molecular complexity index is 868. The molecule has 5 heteroatoms. The van der Waals surface area contributed by atoms with Crippen LogP contribution >= 0.6 is 11.3 Å². The van der Waals surface area contributed by atoms with Crippen molar-refractivity contribution in [1.29, 1.82) is 0 Å². The summed E-state index contributed by atoms with van der Waals surface area (Å²) < 4.78 is 5.88. The summed E-state index contributed by atoms with van der Waals surface area (Å²) in [5.74, 6) is 0.710. The van der Waals surface area contributed by atoms with Crippen LogP contribution in [0, 0.1) is 6.92 Å². The number of likely N-dealkylation sites (tertiary alicyclic amines) is 1. The lowest BCUT2D eigenvalue weighted by Gasteiger charge is -2.38. The van der Waals surface area contributed by atoms with Gasteiger partial charge in [-0.2, -0.15) is 0 Å². The fourth-order valence-corrected chi connectivity index (χ4v) is 3.53. The van der Waals surface area contributed by atoms with Crippen LogP contribution in [0.1, 0.15) is 15.2 Å². The summed E-state index contributed by atoms with van der Waals surface area (Å²) in [5, 5.41) is 3.10. The summed E-state index contributed by atoms with van der Waals surface area (Å²) in [6.07, 6.45) is 0.0219. The highest BCUT2D eigenvalue weighted by Gasteiger charge is 2.33. The number of carbonyl (C=O) groups is 1. The molecule has 1 aliphatic heterocycles. The third-order valence-electron chi connectivity index (χ3n) is 3.94. The number of pyridine rings is 1. The van der Waals surface area contributed by atoms with Gasteiger partial charge in [0.05, 0.1) is 23.5 Å². The van der Waals surface area contributed by atoms with Crippen LogP contribution in [0.2, 0.25) is 0 Å². The Morgan fingerprint density at radius 2 is 2.09 bits per heavy atom. The third-order valence-corrected chi connectivity index (χ3v) is 4.97. The normalized spacial score (nSPS) is 14.7. The van der Waals surface area contributed by atoms with Gasteiger partial charge >= 0.3 is 0 Å². The number of hydrogen-bond acceptors (Lipinski definition) is 4. The molecule has 3 heterocycles. The Balaban J connectivity index is 1.39. The number of thiophene rings is 1. The Kier molecular flexibility index (Phi) is 3.50. The van der Waals surface area contributed by atoms with Gasteiger partial charge in [-0.05, 0) is 36.1 Å². The summed E-state index contributed by atoms with van der Waals surface area (Å²) in [5.41, 5.74) is 2.05. The van der Waals surface area contributed by atoms with Crippen molar-refractivity contribution >= 4 is 28.1 Å². The standard InChI is InChI=1S/C18H16N2O2S/c1-12-8-16(23-11-12)18(21)20-9-14(10-20)22-17-7-6-13-4-2-3-5-15(13)19-17/h2-8,11,14H,9-10H2,1H3. The second kappa shape index (κ2) is 5.66. The Hall–Kier alpha value is -2.40. The van der Waals surface area contributed by atoms with Crippen LogP contribution in [0.3, 0.4) is 0 Å². The zero-order valence-electron chi connectivity index (χ0n) is 12.7. The number of fused-ring (bicyclic) bond motifs is 1. The van der Waals surface area contributed by atoms with E-state index in [-0.39, 0.29) is 12.0 Å². The van der Waals surface area contributed by atoms with E-state index in [1.54, 1.807) is 0 Å². The molecule has 0 atom stereocenters. The topological polar surface area (TPSA) is 42.4 Å². The summed E-state index contributed by atoms with van der Waals surface area (Å²) in [6.45, 7) is 3.23. The van der Waals surface area contributed by atoms with Crippen molar-refractivity contribution in [2.24, 2.45) is 0 Å². The highest BCUT2D eigenvalue weighted by molar-refractivity contribution is 7.12. The molecule has 116 valence electrons.